The maximum atomic E-state index is 12.5. The van der Waals surface area contributed by atoms with Gasteiger partial charge in [0.25, 0.3) is 0 Å². The Morgan fingerprint density at radius 1 is 1.06 bits per heavy atom. The molecule has 6 nitrogen and oxygen atoms in total. The zero-order chi connectivity index (χ0) is 21.8. The Morgan fingerprint density at radius 3 is 2.58 bits per heavy atom. The molecule has 0 saturated carbocycles. The van der Waals surface area contributed by atoms with Crippen LogP contribution in [0.25, 0.3) is 17.1 Å². The van der Waals surface area contributed by atoms with Gasteiger partial charge in [0, 0.05) is 23.6 Å². The Kier molecular flexibility index (Phi) is 6.56. The second-order valence-corrected chi connectivity index (χ2v) is 8.44. The summed E-state index contributed by atoms with van der Waals surface area (Å²) in [6, 6.07) is 16.6. The Hall–Kier alpha value is -2.87. The molecule has 2 aromatic carbocycles. The molecule has 0 aliphatic rings. The molecule has 9 heteroatoms. The minimum absolute atomic E-state index is 0.138. The van der Waals surface area contributed by atoms with E-state index in [1.54, 1.807) is 24.5 Å². The van der Waals surface area contributed by atoms with E-state index in [4.69, 9.17) is 23.2 Å². The third kappa shape index (κ3) is 5.07. The average Bonchev–Trinajstić information content (AvgIpc) is 3.20. The van der Waals surface area contributed by atoms with Crippen LogP contribution in [0.2, 0.25) is 10.0 Å². The average molecular weight is 470 g/mol. The second kappa shape index (κ2) is 9.51. The third-order valence-electron chi connectivity index (χ3n) is 4.38. The molecule has 0 bridgehead atoms. The molecule has 4 rings (SSSR count). The molecule has 0 radical (unpaired) electrons. The van der Waals surface area contributed by atoms with Crippen LogP contribution in [0.1, 0.15) is 5.56 Å². The van der Waals surface area contributed by atoms with Crippen LogP contribution >= 0.6 is 35.0 Å². The van der Waals surface area contributed by atoms with E-state index in [9.17, 15) is 4.79 Å². The highest BCUT2D eigenvalue weighted by Gasteiger charge is 2.18. The standard InChI is InChI=1S/C22H17Cl2N5OS/c1-14-4-6-16(7-5-14)26-20(30)13-31-22-28-27-21(15-3-2-10-25-12-15)29(22)17-8-9-18(23)19(24)11-17/h2-12H,13H2,1H3,(H,26,30). The number of pyridine rings is 1. The topological polar surface area (TPSA) is 72.7 Å². The highest BCUT2D eigenvalue weighted by atomic mass is 35.5. The number of anilines is 1. The second-order valence-electron chi connectivity index (χ2n) is 6.68. The SMILES string of the molecule is Cc1ccc(NC(=O)CSc2nnc(-c3cccnc3)n2-c2ccc(Cl)c(Cl)c2)cc1. The van der Waals surface area contributed by atoms with Crippen molar-refractivity contribution in [2.45, 2.75) is 12.1 Å². The number of hydrogen-bond donors (Lipinski definition) is 1. The van der Waals surface area contributed by atoms with Gasteiger partial charge < -0.3 is 5.32 Å². The number of benzene rings is 2. The van der Waals surface area contributed by atoms with Crippen LogP contribution in [-0.2, 0) is 4.79 Å². The van der Waals surface area contributed by atoms with Crippen molar-refractivity contribution in [1.82, 2.24) is 19.7 Å². The number of nitrogens with zero attached hydrogens (tertiary/aromatic N) is 4. The minimum Gasteiger partial charge on any atom is -0.325 e. The van der Waals surface area contributed by atoms with E-state index in [2.05, 4.69) is 20.5 Å². The summed E-state index contributed by atoms with van der Waals surface area (Å²) in [6.07, 6.45) is 3.39. The van der Waals surface area contributed by atoms with Gasteiger partial charge in [-0.2, -0.15) is 0 Å². The molecule has 0 aliphatic carbocycles. The molecule has 0 aliphatic heterocycles. The zero-order valence-electron chi connectivity index (χ0n) is 16.4. The number of aromatic nitrogens is 4. The lowest BCUT2D eigenvalue weighted by Gasteiger charge is -2.11. The van der Waals surface area contributed by atoms with Gasteiger partial charge in [-0.3, -0.25) is 14.3 Å². The van der Waals surface area contributed by atoms with Gasteiger partial charge >= 0.3 is 0 Å². The van der Waals surface area contributed by atoms with E-state index in [0.717, 1.165) is 22.5 Å². The van der Waals surface area contributed by atoms with Crippen molar-refractivity contribution in [1.29, 1.82) is 0 Å². The number of halogens is 2. The van der Waals surface area contributed by atoms with Gasteiger partial charge in [0.05, 0.1) is 21.5 Å². The van der Waals surface area contributed by atoms with Crippen molar-refractivity contribution < 1.29 is 4.79 Å². The first kappa shape index (κ1) is 21.4. The maximum Gasteiger partial charge on any atom is 0.234 e. The Morgan fingerprint density at radius 2 is 1.87 bits per heavy atom. The first-order valence-electron chi connectivity index (χ1n) is 9.32. The fraction of sp³-hybridized carbons (Fsp3) is 0.0909. The van der Waals surface area contributed by atoms with Crippen LogP contribution in [0.15, 0.2) is 72.1 Å². The molecule has 2 aromatic heterocycles. The highest BCUT2D eigenvalue weighted by molar-refractivity contribution is 7.99. The van der Waals surface area contributed by atoms with Gasteiger partial charge in [0.2, 0.25) is 5.91 Å². The van der Waals surface area contributed by atoms with Crippen LogP contribution in [0.5, 0.6) is 0 Å². The number of nitrogens with one attached hydrogen (secondary N) is 1. The molecule has 0 saturated heterocycles. The number of thioether (sulfide) groups is 1. The lowest BCUT2D eigenvalue weighted by atomic mass is 10.2. The summed E-state index contributed by atoms with van der Waals surface area (Å²) < 4.78 is 1.84. The summed E-state index contributed by atoms with van der Waals surface area (Å²) in [6.45, 7) is 2.00. The number of rotatable bonds is 6. The van der Waals surface area contributed by atoms with E-state index in [0.29, 0.717) is 21.0 Å². The molecule has 156 valence electrons. The monoisotopic (exact) mass is 469 g/mol. The van der Waals surface area contributed by atoms with Gasteiger partial charge in [0.1, 0.15) is 0 Å². The van der Waals surface area contributed by atoms with Crippen LogP contribution in [0.4, 0.5) is 5.69 Å². The zero-order valence-corrected chi connectivity index (χ0v) is 18.7. The number of carbonyl (C=O) groups excluding carboxylic acids is 1. The van der Waals surface area contributed by atoms with E-state index in [1.165, 1.54) is 11.8 Å². The van der Waals surface area contributed by atoms with Crippen LogP contribution in [-0.4, -0.2) is 31.4 Å². The van der Waals surface area contributed by atoms with Crippen LogP contribution in [0.3, 0.4) is 0 Å². The minimum atomic E-state index is -0.138. The Labute approximate surface area is 193 Å². The lowest BCUT2D eigenvalue weighted by Crippen LogP contribution is -2.14. The quantitative estimate of drug-likeness (QED) is 0.368. The Bertz CT molecular complexity index is 1210. The van der Waals surface area contributed by atoms with E-state index < -0.39 is 0 Å². The lowest BCUT2D eigenvalue weighted by molar-refractivity contribution is -0.113. The third-order valence-corrected chi connectivity index (χ3v) is 6.05. The summed E-state index contributed by atoms with van der Waals surface area (Å²) in [5, 5.41) is 12.9. The summed E-state index contributed by atoms with van der Waals surface area (Å²) in [4.78, 5) is 16.6. The van der Waals surface area contributed by atoms with Gasteiger partial charge in [-0.1, -0.05) is 52.7 Å². The smallest absolute Gasteiger partial charge is 0.234 e. The van der Waals surface area contributed by atoms with Crippen molar-refractivity contribution in [3.8, 4) is 17.1 Å². The van der Waals surface area contributed by atoms with Crippen molar-refractivity contribution in [2.75, 3.05) is 11.1 Å². The highest BCUT2D eigenvalue weighted by Crippen LogP contribution is 2.31. The molecular weight excluding hydrogens is 453 g/mol. The number of hydrogen-bond acceptors (Lipinski definition) is 5. The summed E-state index contributed by atoms with van der Waals surface area (Å²) in [5.74, 6) is 0.619. The van der Waals surface area contributed by atoms with E-state index in [-0.39, 0.29) is 11.7 Å². The first-order valence-corrected chi connectivity index (χ1v) is 11.1. The first-order chi connectivity index (χ1) is 15.0. The van der Waals surface area contributed by atoms with Crippen molar-refractivity contribution in [2.24, 2.45) is 0 Å². The van der Waals surface area contributed by atoms with Crippen LogP contribution < -0.4 is 5.32 Å². The van der Waals surface area contributed by atoms with Gasteiger partial charge in [-0.15, -0.1) is 10.2 Å². The molecule has 0 spiro atoms. The Balaban J connectivity index is 1.61. The predicted molar refractivity (Wildman–Crippen MR) is 125 cm³/mol. The molecule has 0 atom stereocenters. The maximum absolute atomic E-state index is 12.5. The number of aryl methyl sites for hydroxylation is 1. The molecule has 2 heterocycles. The molecule has 31 heavy (non-hydrogen) atoms. The summed E-state index contributed by atoms with van der Waals surface area (Å²) in [5.41, 5.74) is 3.40. The summed E-state index contributed by atoms with van der Waals surface area (Å²) >= 11 is 13.6. The largest absolute Gasteiger partial charge is 0.325 e. The number of amides is 1. The van der Waals surface area contributed by atoms with Gasteiger partial charge in [-0.25, -0.2) is 0 Å². The normalized spacial score (nSPS) is 10.8. The number of carbonyl (C=O) groups is 1. The molecule has 0 unspecified atom stereocenters. The van der Waals surface area contributed by atoms with Crippen molar-refractivity contribution in [3.05, 3.63) is 82.6 Å². The molecule has 1 amide bonds. The van der Waals surface area contributed by atoms with Crippen LogP contribution in [0, 0.1) is 6.92 Å². The van der Waals surface area contributed by atoms with E-state index >= 15 is 0 Å². The van der Waals surface area contributed by atoms with Gasteiger partial charge in [-0.05, 0) is 49.4 Å². The molecular formula is C22H17Cl2N5OS. The van der Waals surface area contributed by atoms with Gasteiger partial charge in [0.15, 0.2) is 11.0 Å². The molecule has 4 aromatic rings. The van der Waals surface area contributed by atoms with Crippen molar-refractivity contribution >= 4 is 46.6 Å². The predicted octanol–water partition coefficient (Wildman–Crippen LogP) is 5.68. The fourth-order valence-electron chi connectivity index (χ4n) is 2.87. The van der Waals surface area contributed by atoms with E-state index in [1.807, 2.05) is 54.0 Å². The summed E-state index contributed by atoms with van der Waals surface area (Å²) in [7, 11) is 0. The molecule has 1 N–H and O–H groups in total. The van der Waals surface area contributed by atoms with Crippen molar-refractivity contribution in [3.63, 3.8) is 0 Å². The fourth-order valence-corrected chi connectivity index (χ4v) is 3.91. The molecule has 0 fully saturated rings.